The van der Waals surface area contributed by atoms with Crippen LogP contribution in [-0.4, -0.2) is 9.97 Å². The highest BCUT2D eigenvalue weighted by molar-refractivity contribution is 5.85. The number of aromatic nitrogens is 2. The van der Waals surface area contributed by atoms with Crippen molar-refractivity contribution in [2.75, 3.05) is 0 Å². The molecule has 35 heavy (non-hydrogen) atoms. The summed E-state index contributed by atoms with van der Waals surface area (Å²) in [5.74, 6) is 1.35. The van der Waals surface area contributed by atoms with E-state index in [1.165, 1.54) is 27.8 Å². The first kappa shape index (κ1) is 21.3. The highest BCUT2D eigenvalue weighted by Gasteiger charge is 2.42. The van der Waals surface area contributed by atoms with Crippen LogP contribution in [0.2, 0.25) is 0 Å². The van der Waals surface area contributed by atoms with E-state index in [1.807, 2.05) is 30.3 Å². The second-order valence-electron chi connectivity index (χ2n) is 9.33. The van der Waals surface area contributed by atoms with E-state index in [-0.39, 0.29) is 5.41 Å². The molecule has 0 bridgehead atoms. The van der Waals surface area contributed by atoms with Gasteiger partial charge in [0.05, 0.1) is 11.1 Å². The molecule has 3 heteroatoms. The number of pyridine rings is 2. The smallest absolute Gasteiger partial charge is 0.219 e. The SMILES string of the molecule is Cc1ccc(C2(C)c3ccccc3-c3ccc(-c4cccc(Oc5ccccn5)c4)cc32)nc1C. The van der Waals surface area contributed by atoms with Gasteiger partial charge in [-0.1, -0.05) is 60.7 Å². The van der Waals surface area contributed by atoms with Crippen molar-refractivity contribution in [2.24, 2.45) is 0 Å². The lowest BCUT2D eigenvalue weighted by molar-refractivity contribution is 0.463. The highest BCUT2D eigenvalue weighted by atomic mass is 16.5. The molecule has 2 aromatic heterocycles. The summed E-state index contributed by atoms with van der Waals surface area (Å²) in [4.78, 5) is 9.34. The van der Waals surface area contributed by atoms with Crippen LogP contribution in [-0.2, 0) is 5.41 Å². The highest BCUT2D eigenvalue weighted by Crippen LogP contribution is 2.52. The van der Waals surface area contributed by atoms with Gasteiger partial charge in [0.25, 0.3) is 0 Å². The first-order chi connectivity index (χ1) is 17.0. The first-order valence-electron chi connectivity index (χ1n) is 11.9. The number of aryl methyl sites for hydroxylation is 2. The molecule has 2 heterocycles. The maximum absolute atomic E-state index is 6.00. The molecule has 0 amide bonds. The number of fused-ring (bicyclic) bond motifs is 3. The summed E-state index contributed by atoms with van der Waals surface area (Å²) in [5.41, 5.74) is 10.4. The van der Waals surface area contributed by atoms with Crippen LogP contribution in [0.4, 0.5) is 0 Å². The van der Waals surface area contributed by atoms with E-state index in [0.29, 0.717) is 5.88 Å². The zero-order valence-corrected chi connectivity index (χ0v) is 20.1. The van der Waals surface area contributed by atoms with Crippen LogP contribution in [0.25, 0.3) is 22.3 Å². The lowest BCUT2D eigenvalue weighted by Gasteiger charge is -2.28. The predicted octanol–water partition coefficient (Wildman–Crippen LogP) is 7.89. The Balaban J connectivity index is 1.48. The lowest BCUT2D eigenvalue weighted by atomic mass is 9.76. The van der Waals surface area contributed by atoms with Crippen LogP contribution in [0.15, 0.2) is 103 Å². The zero-order chi connectivity index (χ0) is 24.0. The van der Waals surface area contributed by atoms with E-state index in [4.69, 9.17) is 9.72 Å². The molecule has 1 unspecified atom stereocenters. The molecule has 1 atom stereocenters. The van der Waals surface area contributed by atoms with Gasteiger partial charge in [-0.15, -0.1) is 0 Å². The number of benzene rings is 3. The molecule has 0 N–H and O–H groups in total. The fourth-order valence-electron chi connectivity index (χ4n) is 5.12. The van der Waals surface area contributed by atoms with Crippen molar-refractivity contribution in [1.82, 2.24) is 9.97 Å². The first-order valence-corrected chi connectivity index (χ1v) is 11.9. The molecule has 0 fully saturated rings. The summed E-state index contributed by atoms with van der Waals surface area (Å²) in [6.45, 7) is 6.51. The number of hydrogen-bond acceptors (Lipinski definition) is 3. The molecule has 0 saturated carbocycles. The minimum absolute atomic E-state index is 0.331. The van der Waals surface area contributed by atoms with Crippen molar-refractivity contribution < 1.29 is 4.74 Å². The molecule has 1 aliphatic carbocycles. The Morgan fingerprint density at radius 1 is 0.686 bits per heavy atom. The standard InChI is InChI=1S/C32H26N2O/c1-21-14-17-30(34-22(21)2)32(3)28-12-5-4-11-26(28)27-16-15-24(20-29(27)32)23-9-8-10-25(19-23)35-31-13-6-7-18-33-31/h4-20H,1-3H3. The number of rotatable bonds is 4. The fourth-order valence-corrected chi connectivity index (χ4v) is 5.12. The van der Waals surface area contributed by atoms with E-state index in [9.17, 15) is 0 Å². The predicted molar refractivity (Wildman–Crippen MR) is 141 cm³/mol. The van der Waals surface area contributed by atoms with Crippen LogP contribution in [0.1, 0.15) is 35.0 Å². The topological polar surface area (TPSA) is 35.0 Å². The van der Waals surface area contributed by atoms with Crippen molar-refractivity contribution in [1.29, 1.82) is 0 Å². The molecule has 5 aromatic rings. The molecule has 0 spiro atoms. The minimum atomic E-state index is -0.331. The van der Waals surface area contributed by atoms with Crippen molar-refractivity contribution >= 4 is 0 Å². The molecular weight excluding hydrogens is 428 g/mol. The van der Waals surface area contributed by atoms with E-state index in [0.717, 1.165) is 28.3 Å². The Bertz CT molecular complexity index is 1560. The van der Waals surface area contributed by atoms with Gasteiger partial charge >= 0.3 is 0 Å². The Morgan fingerprint density at radius 2 is 1.49 bits per heavy atom. The Kier molecular flexibility index (Phi) is 5.00. The molecule has 6 rings (SSSR count). The van der Waals surface area contributed by atoms with E-state index in [2.05, 4.69) is 92.5 Å². The normalized spacial score (nSPS) is 16.0. The summed E-state index contributed by atoms with van der Waals surface area (Å²) >= 11 is 0. The average molecular weight is 455 g/mol. The third-order valence-electron chi connectivity index (χ3n) is 7.20. The van der Waals surface area contributed by atoms with Gasteiger partial charge in [-0.2, -0.15) is 0 Å². The molecule has 170 valence electrons. The molecule has 0 aliphatic heterocycles. The molecule has 3 aromatic carbocycles. The van der Waals surface area contributed by atoms with E-state index >= 15 is 0 Å². The maximum atomic E-state index is 6.00. The summed E-state index contributed by atoms with van der Waals surface area (Å²) in [6.07, 6.45) is 1.74. The summed E-state index contributed by atoms with van der Waals surface area (Å²) in [7, 11) is 0. The van der Waals surface area contributed by atoms with E-state index in [1.54, 1.807) is 6.20 Å². The quantitative estimate of drug-likeness (QED) is 0.277. The third-order valence-corrected chi connectivity index (χ3v) is 7.20. The second kappa shape index (κ2) is 8.21. The molecular formula is C32H26N2O. The molecule has 3 nitrogen and oxygen atoms in total. The van der Waals surface area contributed by atoms with Gasteiger partial charge in [0, 0.05) is 18.0 Å². The van der Waals surface area contributed by atoms with Crippen LogP contribution < -0.4 is 4.74 Å². The van der Waals surface area contributed by atoms with Crippen molar-refractivity contribution in [3.63, 3.8) is 0 Å². The average Bonchev–Trinajstić information content (AvgIpc) is 3.15. The largest absolute Gasteiger partial charge is 0.439 e. The number of ether oxygens (including phenoxy) is 1. The fraction of sp³-hybridized carbons (Fsp3) is 0.125. The van der Waals surface area contributed by atoms with Gasteiger partial charge < -0.3 is 4.74 Å². The summed E-state index contributed by atoms with van der Waals surface area (Å²) in [6, 6.07) is 33.7. The zero-order valence-electron chi connectivity index (χ0n) is 20.1. The van der Waals surface area contributed by atoms with Crippen molar-refractivity contribution in [2.45, 2.75) is 26.2 Å². The van der Waals surface area contributed by atoms with Crippen LogP contribution >= 0.6 is 0 Å². The Hall–Kier alpha value is -4.24. The monoisotopic (exact) mass is 454 g/mol. The van der Waals surface area contributed by atoms with Gasteiger partial charge in [-0.05, 0) is 90.0 Å². The van der Waals surface area contributed by atoms with Gasteiger partial charge in [-0.3, -0.25) is 4.98 Å². The van der Waals surface area contributed by atoms with Gasteiger partial charge in [0.1, 0.15) is 5.75 Å². The van der Waals surface area contributed by atoms with Crippen LogP contribution in [0.3, 0.4) is 0 Å². The van der Waals surface area contributed by atoms with Crippen LogP contribution in [0.5, 0.6) is 11.6 Å². The molecule has 0 radical (unpaired) electrons. The van der Waals surface area contributed by atoms with E-state index < -0.39 is 0 Å². The summed E-state index contributed by atoms with van der Waals surface area (Å²) < 4.78 is 6.00. The minimum Gasteiger partial charge on any atom is -0.439 e. The Labute approximate surface area is 206 Å². The molecule has 1 aliphatic rings. The second-order valence-corrected chi connectivity index (χ2v) is 9.33. The van der Waals surface area contributed by atoms with Gasteiger partial charge in [-0.25, -0.2) is 4.98 Å². The maximum Gasteiger partial charge on any atom is 0.219 e. The summed E-state index contributed by atoms with van der Waals surface area (Å²) in [5, 5.41) is 0. The number of hydrogen-bond donors (Lipinski definition) is 0. The molecule has 0 saturated heterocycles. The van der Waals surface area contributed by atoms with Crippen molar-refractivity contribution in [3.8, 4) is 33.9 Å². The van der Waals surface area contributed by atoms with Crippen LogP contribution in [0, 0.1) is 13.8 Å². The number of nitrogens with zero attached hydrogens (tertiary/aromatic N) is 2. The van der Waals surface area contributed by atoms with Gasteiger partial charge in [0.2, 0.25) is 5.88 Å². The lowest BCUT2D eigenvalue weighted by Crippen LogP contribution is -2.24. The Morgan fingerprint density at radius 3 is 2.31 bits per heavy atom. The third kappa shape index (κ3) is 3.52. The van der Waals surface area contributed by atoms with Gasteiger partial charge in [0.15, 0.2) is 0 Å². The van der Waals surface area contributed by atoms with Crippen molar-refractivity contribution in [3.05, 3.63) is 131 Å².